The number of fused-ring (bicyclic) bond motifs is 24. The highest BCUT2D eigenvalue weighted by Crippen LogP contribution is 2.47. The summed E-state index contributed by atoms with van der Waals surface area (Å²) in [6.45, 7) is 4.68. The van der Waals surface area contributed by atoms with Gasteiger partial charge in [0.25, 0.3) is 6.71 Å². The van der Waals surface area contributed by atoms with Gasteiger partial charge in [-0.1, -0.05) is 145 Å². The highest BCUT2D eigenvalue weighted by molar-refractivity contribution is 7.00. The maximum Gasteiger partial charge on any atom is 0.252 e. The van der Waals surface area contributed by atoms with Crippen molar-refractivity contribution in [3.05, 3.63) is 175 Å². The number of hydrogen-bond acceptors (Lipinski definition) is 0. The Morgan fingerprint density at radius 2 is 0.763 bits per heavy atom. The minimum absolute atomic E-state index is 0.0901. The molecule has 0 saturated carbocycles. The highest BCUT2D eigenvalue weighted by atomic mass is 15.0. The Morgan fingerprint density at radius 3 is 1.37 bits per heavy atom. The molecule has 2 nitrogen and oxygen atoms in total. The maximum absolute atomic E-state index is 2.66. The zero-order chi connectivity index (χ0) is 38.4. The quantitative estimate of drug-likeness (QED) is 0.108. The number of benzene rings is 11. The van der Waals surface area contributed by atoms with Crippen LogP contribution in [0, 0.1) is 13.8 Å². The lowest BCUT2D eigenvalue weighted by Gasteiger charge is -2.34. The summed E-state index contributed by atoms with van der Waals surface area (Å²) in [5.74, 6) is 0. The van der Waals surface area contributed by atoms with E-state index in [1.54, 1.807) is 0 Å². The molecular weight excluding hydrogens is 711 g/mol. The fourth-order valence-corrected chi connectivity index (χ4v) is 12.2. The van der Waals surface area contributed by atoms with E-state index in [0.29, 0.717) is 0 Å². The van der Waals surface area contributed by atoms with Crippen molar-refractivity contribution in [1.29, 1.82) is 0 Å². The standard InChI is InChI=1S/C56H33BN2/c1-30-26-43-42-23-22-41-37-17-6-4-13-33(37)35-15-8-10-19-39(35)51(41)56(42)59-49-21-11-20-48-53(49)57(45(28-30)54(43)59)46-29-31(2)27-44-52-47(58(48)55(44)46)25-24-40-36-16-5-3-12-32(36)34-14-7-9-18-38(34)50(40)52/h3-29H,1-2H3. The molecule has 4 heterocycles. The Labute approximate surface area is 339 Å². The monoisotopic (exact) mass is 744 g/mol. The molecule has 2 aliphatic heterocycles. The van der Waals surface area contributed by atoms with Crippen LogP contribution in [0.25, 0.3) is 120 Å². The lowest BCUT2D eigenvalue weighted by atomic mass is 9.34. The first-order valence-corrected chi connectivity index (χ1v) is 20.9. The average molecular weight is 745 g/mol. The Balaban J connectivity index is 1.17. The largest absolute Gasteiger partial charge is 0.310 e. The second-order valence-corrected chi connectivity index (χ2v) is 17.3. The molecule has 0 amide bonds. The third kappa shape index (κ3) is 3.52. The van der Waals surface area contributed by atoms with E-state index in [-0.39, 0.29) is 6.71 Å². The SMILES string of the molecule is Cc1cc2c3c(c1)c1c4c5ccccc5c5ccccc5c4ccc1n3-c1cccc3c1B2c1cc(C)cc2c4ccc5c6ccccc6c6ccccc6c5c4n-3c12. The van der Waals surface area contributed by atoms with E-state index in [1.165, 1.54) is 147 Å². The van der Waals surface area contributed by atoms with E-state index in [1.807, 2.05) is 0 Å². The first-order valence-electron chi connectivity index (χ1n) is 20.9. The average Bonchev–Trinajstić information content (AvgIpc) is 3.79. The molecule has 0 bridgehead atoms. The van der Waals surface area contributed by atoms with Crippen LogP contribution >= 0.6 is 0 Å². The van der Waals surface area contributed by atoms with Gasteiger partial charge in [-0.2, -0.15) is 0 Å². The predicted octanol–water partition coefficient (Wildman–Crippen LogP) is 12.6. The molecule has 0 spiro atoms. The molecule has 59 heavy (non-hydrogen) atoms. The summed E-state index contributed by atoms with van der Waals surface area (Å²) in [6, 6.07) is 62.6. The Bertz CT molecular complexity index is 4080. The van der Waals surface area contributed by atoms with Gasteiger partial charge in [-0.05, 0) is 114 Å². The molecule has 0 radical (unpaired) electrons. The Morgan fingerprint density at radius 1 is 0.322 bits per heavy atom. The summed E-state index contributed by atoms with van der Waals surface area (Å²) in [6.07, 6.45) is 0. The minimum Gasteiger partial charge on any atom is -0.310 e. The summed E-state index contributed by atoms with van der Waals surface area (Å²) >= 11 is 0. The number of aromatic nitrogens is 2. The lowest BCUT2D eigenvalue weighted by Crippen LogP contribution is -2.59. The third-order valence-electron chi connectivity index (χ3n) is 14.3. The van der Waals surface area contributed by atoms with Gasteiger partial charge in [0.1, 0.15) is 0 Å². The first-order chi connectivity index (χ1) is 29.1. The Kier molecular flexibility index (Phi) is 5.41. The predicted molar refractivity (Wildman–Crippen MR) is 254 cm³/mol. The zero-order valence-corrected chi connectivity index (χ0v) is 32.6. The molecular formula is C56H33BN2. The van der Waals surface area contributed by atoms with Gasteiger partial charge in [-0.15, -0.1) is 0 Å². The van der Waals surface area contributed by atoms with Crippen LogP contribution in [-0.2, 0) is 0 Å². The van der Waals surface area contributed by atoms with Crippen molar-refractivity contribution >= 4 is 131 Å². The van der Waals surface area contributed by atoms with Crippen LogP contribution in [0.3, 0.4) is 0 Å². The van der Waals surface area contributed by atoms with E-state index in [4.69, 9.17) is 0 Å². The van der Waals surface area contributed by atoms with Crippen LogP contribution in [0.1, 0.15) is 11.1 Å². The fourth-order valence-electron chi connectivity index (χ4n) is 12.2. The van der Waals surface area contributed by atoms with Crippen molar-refractivity contribution in [2.75, 3.05) is 0 Å². The molecule has 2 aliphatic rings. The summed E-state index contributed by atoms with van der Waals surface area (Å²) in [4.78, 5) is 0. The second kappa shape index (κ2) is 10.4. The van der Waals surface area contributed by atoms with Gasteiger partial charge >= 0.3 is 0 Å². The molecule has 13 aromatic rings. The van der Waals surface area contributed by atoms with E-state index in [2.05, 4.69) is 187 Å². The zero-order valence-electron chi connectivity index (χ0n) is 32.6. The van der Waals surface area contributed by atoms with Gasteiger partial charge in [0.15, 0.2) is 0 Å². The molecule has 0 saturated heterocycles. The highest BCUT2D eigenvalue weighted by Gasteiger charge is 2.41. The van der Waals surface area contributed by atoms with Gasteiger partial charge in [-0.3, -0.25) is 0 Å². The van der Waals surface area contributed by atoms with Gasteiger partial charge in [0.2, 0.25) is 0 Å². The number of aryl methyl sites for hydroxylation is 2. The minimum atomic E-state index is 0.0901. The van der Waals surface area contributed by atoms with Crippen molar-refractivity contribution in [1.82, 2.24) is 9.13 Å². The van der Waals surface area contributed by atoms with Gasteiger partial charge < -0.3 is 9.13 Å². The summed E-state index contributed by atoms with van der Waals surface area (Å²) in [5, 5.41) is 21.1. The van der Waals surface area contributed by atoms with E-state index < -0.39 is 0 Å². The molecule has 15 rings (SSSR count). The number of nitrogens with zero attached hydrogens (tertiary/aromatic N) is 2. The Hall–Kier alpha value is -7.36. The van der Waals surface area contributed by atoms with Crippen LogP contribution in [0.2, 0.25) is 0 Å². The van der Waals surface area contributed by atoms with Crippen molar-refractivity contribution in [3.8, 4) is 11.4 Å². The van der Waals surface area contributed by atoms with Crippen LogP contribution < -0.4 is 16.4 Å². The molecule has 11 aromatic carbocycles. The second-order valence-electron chi connectivity index (χ2n) is 17.3. The van der Waals surface area contributed by atoms with Gasteiger partial charge in [0, 0.05) is 54.7 Å². The normalized spacial score (nSPS) is 13.2. The van der Waals surface area contributed by atoms with Crippen LogP contribution in [0.4, 0.5) is 0 Å². The molecule has 0 aliphatic carbocycles. The summed E-state index contributed by atoms with van der Waals surface area (Å²) < 4.78 is 5.29. The molecule has 2 aromatic heterocycles. The molecule has 0 fully saturated rings. The van der Waals surface area contributed by atoms with Crippen molar-refractivity contribution in [3.63, 3.8) is 0 Å². The van der Waals surface area contributed by atoms with E-state index >= 15 is 0 Å². The fraction of sp³-hybridized carbons (Fsp3) is 0.0357. The topological polar surface area (TPSA) is 9.86 Å². The third-order valence-corrected chi connectivity index (χ3v) is 14.3. The van der Waals surface area contributed by atoms with Crippen LogP contribution in [-0.4, -0.2) is 15.8 Å². The van der Waals surface area contributed by atoms with Gasteiger partial charge in [-0.25, -0.2) is 0 Å². The first kappa shape index (κ1) is 30.7. The summed E-state index contributed by atoms with van der Waals surface area (Å²) in [7, 11) is 0. The molecule has 0 N–H and O–H groups in total. The molecule has 0 atom stereocenters. The van der Waals surface area contributed by atoms with Crippen molar-refractivity contribution in [2.45, 2.75) is 13.8 Å². The summed E-state index contributed by atoms with van der Waals surface area (Å²) in [5.41, 5.74) is 14.6. The smallest absolute Gasteiger partial charge is 0.252 e. The maximum atomic E-state index is 2.66. The van der Waals surface area contributed by atoms with Crippen LogP contribution in [0.5, 0.6) is 0 Å². The number of rotatable bonds is 0. The number of hydrogen-bond donors (Lipinski definition) is 0. The lowest BCUT2D eigenvalue weighted by molar-refractivity contribution is 1.15. The molecule has 3 heteroatoms. The van der Waals surface area contributed by atoms with E-state index in [9.17, 15) is 0 Å². The molecule has 270 valence electrons. The van der Waals surface area contributed by atoms with Crippen LogP contribution in [0.15, 0.2) is 164 Å². The van der Waals surface area contributed by atoms with Crippen molar-refractivity contribution in [2.24, 2.45) is 0 Å². The van der Waals surface area contributed by atoms with E-state index in [0.717, 1.165) is 0 Å². The van der Waals surface area contributed by atoms with Gasteiger partial charge in [0.05, 0.1) is 11.0 Å². The van der Waals surface area contributed by atoms with Crippen molar-refractivity contribution < 1.29 is 0 Å². The molecule has 0 unspecified atom stereocenters.